The summed E-state index contributed by atoms with van der Waals surface area (Å²) in [4.78, 5) is 26.9. The number of benzene rings is 2. The fourth-order valence-corrected chi connectivity index (χ4v) is 3.67. The van der Waals surface area contributed by atoms with Crippen LogP contribution in [0.1, 0.15) is 82.5 Å². The zero-order chi connectivity index (χ0) is 21.7. The number of unbranched alkanes of at least 4 members (excludes halogenated alkanes) is 2. The summed E-state index contributed by atoms with van der Waals surface area (Å²) in [5.41, 5.74) is 1.41. The van der Waals surface area contributed by atoms with E-state index >= 15 is 0 Å². The number of ether oxygens (including phenoxy) is 2. The molecule has 0 spiro atoms. The number of hydrogen-bond donors (Lipinski definition) is 2. The third kappa shape index (κ3) is 3.85. The van der Waals surface area contributed by atoms with Gasteiger partial charge in [-0.3, -0.25) is 9.59 Å². The molecule has 1 aliphatic carbocycles. The van der Waals surface area contributed by atoms with Crippen LogP contribution in [0.15, 0.2) is 24.3 Å². The van der Waals surface area contributed by atoms with E-state index < -0.39 is 13.2 Å². The molecule has 2 N–H and O–H groups in total. The molecule has 2 aromatic rings. The molecule has 0 bridgehead atoms. The van der Waals surface area contributed by atoms with Gasteiger partial charge in [-0.05, 0) is 12.8 Å². The first kappa shape index (κ1) is 22.0. The van der Waals surface area contributed by atoms with Gasteiger partial charge in [0.15, 0.2) is 11.6 Å². The second-order valence-corrected chi connectivity index (χ2v) is 7.29. The van der Waals surface area contributed by atoms with Gasteiger partial charge in [-0.25, -0.2) is 0 Å². The average Bonchev–Trinajstić information content (AvgIpc) is 2.77. The molecule has 0 aliphatic heterocycles. The molecule has 0 heterocycles. The minimum Gasteiger partial charge on any atom is -0.492 e. The Morgan fingerprint density at radius 3 is 1.47 bits per heavy atom. The van der Waals surface area contributed by atoms with Crippen LogP contribution in [-0.4, -0.2) is 35.0 Å². The molecule has 0 fully saturated rings. The van der Waals surface area contributed by atoms with Gasteiger partial charge in [-0.2, -0.15) is 0 Å². The average molecular weight is 412 g/mol. The van der Waals surface area contributed by atoms with Crippen LogP contribution in [0.25, 0.3) is 0 Å². The quantitative estimate of drug-likeness (QED) is 0.492. The Morgan fingerprint density at radius 1 is 0.733 bits per heavy atom. The van der Waals surface area contributed by atoms with Crippen LogP contribution >= 0.6 is 0 Å². The minimum absolute atomic E-state index is 0.113. The first-order valence-corrected chi connectivity index (χ1v) is 10.5. The maximum atomic E-state index is 13.4. The lowest BCUT2D eigenvalue weighted by molar-refractivity contribution is 0.0970. The van der Waals surface area contributed by atoms with Gasteiger partial charge in [0.05, 0.1) is 37.6 Å². The van der Waals surface area contributed by atoms with E-state index in [2.05, 4.69) is 0 Å². The lowest BCUT2D eigenvalue weighted by atomic mass is 9.80. The maximum absolute atomic E-state index is 13.4. The van der Waals surface area contributed by atoms with Gasteiger partial charge < -0.3 is 19.7 Å². The monoisotopic (exact) mass is 412 g/mol. The molecule has 0 radical (unpaired) electrons. The van der Waals surface area contributed by atoms with E-state index in [1.165, 1.54) is 0 Å². The molecule has 0 saturated heterocycles. The molecular weight excluding hydrogens is 384 g/mol. The fourth-order valence-electron chi connectivity index (χ4n) is 3.67. The zero-order valence-electron chi connectivity index (χ0n) is 17.5. The number of hydrogen-bond acceptors (Lipinski definition) is 6. The Hall–Kier alpha value is -2.70. The minimum atomic E-state index is -0.447. The molecule has 30 heavy (non-hydrogen) atoms. The van der Waals surface area contributed by atoms with E-state index in [-0.39, 0.29) is 34.2 Å². The highest BCUT2D eigenvalue weighted by atomic mass is 16.5. The second-order valence-electron chi connectivity index (χ2n) is 7.29. The Labute approximate surface area is 176 Å². The first-order valence-electron chi connectivity index (χ1n) is 10.5. The van der Waals surface area contributed by atoms with Gasteiger partial charge in [0, 0.05) is 22.3 Å². The summed E-state index contributed by atoms with van der Waals surface area (Å²) in [5.74, 6) is -0.348. The molecule has 1 aliphatic rings. The number of rotatable bonds is 10. The number of aliphatic hydroxyl groups is 2. The number of carbonyl (C=O) groups excluding carboxylic acids is 2. The molecular formula is C24H28O6. The van der Waals surface area contributed by atoms with Gasteiger partial charge >= 0.3 is 0 Å². The van der Waals surface area contributed by atoms with E-state index in [9.17, 15) is 19.8 Å². The van der Waals surface area contributed by atoms with Crippen molar-refractivity contribution in [1.29, 1.82) is 0 Å². The van der Waals surface area contributed by atoms with E-state index in [1.54, 1.807) is 24.3 Å². The topological polar surface area (TPSA) is 93.1 Å². The van der Waals surface area contributed by atoms with Crippen molar-refractivity contribution in [3.8, 4) is 11.5 Å². The largest absolute Gasteiger partial charge is 0.492 e. The highest BCUT2D eigenvalue weighted by Crippen LogP contribution is 2.44. The van der Waals surface area contributed by atoms with Gasteiger partial charge in [0.2, 0.25) is 0 Å². The predicted molar refractivity (Wildman–Crippen MR) is 112 cm³/mol. The Morgan fingerprint density at radius 2 is 1.13 bits per heavy atom. The molecule has 0 saturated carbocycles. The number of carbonyl (C=O) groups is 2. The van der Waals surface area contributed by atoms with Crippen molar-refractivity contribution in [1.82, 2.24) is 0 Å². The summed E-state index contributed by atoms with van der Waals surface area (Å²) in [6.45, 7) is 3.80. The highest BCUT2D eigenvalue weighted by molar-refractivity contribution is 6.30. The zero-order valence-corrected chi connectivity index (χ0v) is 17.5. The van der Waals surface area contributed by atoms with Crippen LogP contribution in [0.4, 0.5) is 0 Å². The lowest BCUT2D eigenvalue weighted by Gasteiger charge is -2.27. The van der Waals surface area contributed by atoms with Crippen molar-refractivity contribution >= 4 is 11.6 Å². The highest BCUT2D eigenvalue weighted by Gasteiger charge is 2.38. The molecule has 0 atom stereocenters. The van der Waals surface area contributed by atoms with Gasteiger partial charge in [0.25, 0.3) is 0 Å². The molecule has 2 aromatic carbocycles. The fraction of sp³-hybridized carbons (Fsp3) is 0.417. The summed E-state index contributed by atoms with van der Waals surface area (Å²) in [6.07, 6.45) is 3.28. The number of aliphatic hydroxyl groups excluding tert-OH is 2. The van der Waals surface area contributed by atoms with Crippen molar-refractivity contribution in [3.05, 3.63) is 57.6 Å². The standard InChI is InChI=1S/C24H28O6/c1-3-5-11-29-23-17(13-25)18(14-26)24(30-12-6-4-2)20-19(23)21(27)15-9-7-8-10-16(15)22(20)28/h7-10,25-26H,3-6,11-14H2,1-2H3. The van der Waals surface area contributed by atoms with Crippen LogP contribution < -0.4 is 9.47 Å². The summed E-state index contributed by atoms with van der Waals surface area (Å²) in [5, 5.41) is 20.2. The van der Waals surface area contributed by atoms with Crippen LogP contribution in [0.5, 0.6) is 11.5 Å². The van der Waals surface area contributed by atoms with Crippen molar-refractivity contribution in [2.45, 2.75) is 52.7 Å². The Balaban J connectivity index is 2.29. The Bertz CT molecular complexity index is 871. The van der Waals surface area contributed by atoms with Crippen LogP contribution in [-0.2, 0) is 13.2 Å². The normalized spacial score (nSPS) is 12.5. The van der Waals surface area contributed by atoms with E-state index in [4.69, 9.17) is 9.47 Å². The summed E-state index contributed by atoms with van der Waals surface area (Å²) in [7, 11) is 0. The van der Waals surface area contributed by atoms with Crippen molar-refractivity contribution < 1.29 is 29.3 Å². The van der Waals surface area contributed by atoms with Gasteiger partial charge in [-0.1, -0.05) is 51.0 Å². The second kappa shape index (κ2) is 9.87. The van der Waals surface area contributed by atoms with E-state index in [0.29, 0.717) is 35.5 Å². The van der Waals surface area contributed by atoms with E-state index in [0.717, 1.165) is 25.7 Å². The third-order valence-electron chi connectivity index (χ3n) is 5.29. The molecule has 6 nitrogen and oxygen atoms in total. The number of fused-ring (bicyclic) bond motifs is 2. The molecule has 0 amide bonds. The molecule has 0 unspecified atom stereocenters. The lowest BCUT2D eigenvalue weighted by Crippen LogP contribution is -2.25. The van der Waals surface area contributed by atoms with Crippen molar-refractivity contribution in [2.75, 3.05) is 13.2 Å². The van der Waals surface area contributed by atoms with Crippen LogP contribution in [0, 0.1) is 0 Å². The maximum Gasteiger partial charge on any atom is 0.198 e. The van der Waals surface area contributed by atoms with Gasteiger partial charge in [0.1, 0.15) is 11.5 Å². The van der Waals surface area contributed by atoms with Gasteiger partial charge in [-0.15, -0.1) is 0 Å². The molecule has 0 aromatic heterocycles. The SMILES string of the molecule is CCCCOc1c(CO)c(CO)c(OCCCC)c2c1C(=O)c1ccccc1C2=O. The predicted octanol–water partition coefficient (Wildman–Crippen LogP) is 3.80. The van der Waals surface area contributed by atoms with Crippen LogP contribution in [0.3, 0.4) is 0 Å². The summed E-state index contributed by atoms with van der Waals surface area (Å²) >= 11 is 0. The molecule has 160 valence electrons. The summed E-state index contributed by atoms with van der Waals surface area (Å²) < 4.78 is 11.8. The van der Waals surface area contributed by atoms with Crippen molar-refractivity contribution in [2.24, 2.45) is 0 Å². The third-order valence-corrected chi connectivity index (χ3v) is 5.29. The summed E-state index contributed by atoms with van der Waals surface area (Å²) in [6, 6.07) is 6.65. The number of ketones is 2. The smallest absolute Gasteiger partial charge is 0.198 e. The van der Waals surface area contributed by atoms with Crippen LogP contribution in [0.2, 0.25) is 0 Å². The van der Waals surface area contributed by atoms with E-state index in [1.807, 2.05) is 13.8 Å². The van der Waals surface area contributed by atoms with Crippen molar-refractivity contribution in [3.63, 3.8) is 0 Å². The molecule has 3 rings (SSSR count). The first-order chi connectivity index (χ1) is 14.6. The Kier molecular flexibility index (Phi) is 7.24. The molecule has 6 heteroatoms.